The number of unbranched alkanes of at least 4 members (excludes halogenated alkanes) is 16. The van der Waals surface area contributed by atoms with Crippen LogP contribution in [0.1, 0.15) is 196 Å². The summed E-state index contributed by atoms with van der Waals surface area (Å²) in [4.78, 5) is 20.0. The number of aliphatic carboxylic acids is 2. The third kappa shape index (κ3) is 42.0. The maximum Gasteiger partial charge on any atom is 1.00 e. The molecule has 0 bridgehead atoms. The molecule has 0 aliphatic heterocycles. The Balaban J connectivity index is -0.000000263. The Hall–Kier alpha value is -0.100. The van der Waals surface area contributed by atoms with Gasteiger partial charge in [-0.1, -0.05) is 144 Å². The first-order valence-corrected chi connectivity index (χ1v) is 18.0. The second kappa shape index (κ2) is 40.9. The van der Waals surface area contributed by atoms with Crippen molar-refractivity contribution < 1.29 is 53.8 Å². The first-order valence-electron chi connectivity index (χ1n) is 18.0. The largest absolute Gasteiger partial charge is 1.00 e. The number of carboxylic acid groups (broad SMARTS) is 2. The fraction of sp³-hybridized carbons (Fsp3) is 0.944. The molecule has 0 aliphatic rings. The van der Waals surface area contributed by atoms with Crippen molar-refractivity contribution in [2.75, 3.05) is 26.2 Å². The molecule has 248 valence electrons. The molecular formula is C36H74NNaO4. The second-order valence-electron chi connectivity index (χ2n) is 12.1. The van der Waals surface area contributed by atoms with E-state index < -0.39 is 11.9 Å². The number of hydrogen-bond donors (Lipinski definition) is 0. The third-order valence-electron chi connectivity index (χ3n) is 7.91. The minimum absolute atomic E-state index is 0. The molecule has 0 N–H and O–H groups in total. The van der Waals surface area contributed by atoms with Gasteiger partial charge in [0.2, 0.25) is 0 Å². The van der Waals surface area contributed by atoms with E-state index in [-0.39, 0.29) is 42.4 Å². The zero-order valence-corrected chi connectivity index (χ0v) is 31.9. The average Bonchev–Trinajstić information content (AvgIpc) is 2.96. The van der Waals surface area contributed by atoms with E-state index in [2.05, 4.69) is 41.5 Å². The summed E-state index contributed by atoms with van der Waals surface area (Å²) in [5, 5.41) is 20.0. The molecule has 0 aromatic heterocycles. The van der Waals surface area contributed by atoms with E-state index in [0.717, 1.165) is 32.1 Å². The van der Waals surface area contributed by atoms with Gasteiger partial charge in [-0.25, -0.2) is 0 Å². The van der Waals surface area contributed by atoms with Gasteiger partial charge in [0.25, 0.3) is 0 Å². The predicted octanol–water partition coefficient (Wildman–Crippen LogP) is 5.76. The van der Waals surface area contributed by atoms with Crippen molar-refractivity contribution in [1.82, 2.24) is 0 Å². The number of carboxylic acids is 2. The molecule has 0 rings (SSSR count). The van der Waals surface area contributed by atoms with Gasteiger partial charge in [-0.15, -0.1) is 0 Å². The Morgan fingerprint density at radius 3 is 0.810 bits per heavy atom. The van der Waals surface area contributed by atoms with Crippen molar-refractivity contribution in [3.8, 4) is 0 Å². The van der Waals surface area contributed by atoms with Crippen LogP contribution in [-0.2, 0) is 9.59 Å². The van der Waals surface area contributed by atoms with Gasteiger partial charge in [-0.05, 0) is 51.4 Å². The molecule has 0 spiro atoms. The van der Waals surface area contributed by atoms with Crippen molar-refractivity contribution >= 4 is 11.9 Å². The molecule has 0 aromatic rings. The summed E-state index contributed by atoms with van der Waals surface area (Å²) in [5.74, 6) is -1.83. The number of carbonyl (C=O) groups is 2. The Morgan fingerprint density at radius 2 is 0.595 bits per heavy atom. The maximum absolute atomic E-state index is 10.1. The van der Waals surface area contributed by atoms with Crippen LogP contribution >= 0.6 is 0 Å². The topological polar surface area (TPSA) is 80.3 Å². The Kier molecular flexibility index (Phi) is 47.5. The number of rotatable bonds is 28. The van der Waals surface area contributed by atoms with Crippen molar-refractivity contribution in [2.45, 2.75) is 196 Å². The SMILES string of the molecule is CCCCCCCC(=O)[O-].CCCCCCCCCCCC(=O)[O-].CCCC[N+](CCCC)(CCCC)CCCC.[Na+]. The summed E-state index contributed by atoms with van der Waals surface area (Å²) < 4.78 is 1.42. The molecule has 0 heterocycles. The van der Waals surface area contributed by atoms with Crippen molar-refractivity contribution in [3.05, 3.63) is 0 Å². The number of carbonyl (C=O) groups excluding carboxylic acids is 2. The van der Waals surface area contributed by atoms with Crippen molar-refractivity contribution in [3.63, 3.8) is 0 Å². The molecule has 0 unspecified atom stereocenters. The first kappa shape index (κ1) is 48.8. The minimum atomic E-state index is -0.920. The summed E-state index contributed by atoms with van der Waals surface area (Å²) in [6.07, 6.45) is 27.8. The van der Waals surface area contributed by atoms with Crippen LogP contribution in [0.2, 0.25) is 0 Å². The summed E-state index contributed by atoms with van der Waals surface area (Å²) in [7, 11) is 0. The quantitative estimate of drug-likeness (QED) is 0.0643. The van der Waals surface area contributed by atoms with Crippen LogP contribution in [0.25, 0.3) is 0 Å². The van der Waals surface area contributed by atoms with Crippen LogP contribution in [0.3, 0.4) is 0 Å². The summed E-state index contributed by atoms with van der Waals surface area (Å²) in [6, 6.07) is 0. The van der Waals surface area contributed by atoms with Crippen LogP contribution in [-0.4, -0.2) is 42.6 Å². The van der Waals surface area contributed by atoms with Crippen LogP contribution in [0.15, 0.2) is 0 Å². The molecule has 0 aliphatic carbocycles. The van der Waals surface area contributed by atoms with Crippen LogP contribution in [0.4, 0.5) is 0 Å². The van der Waals surface area contributed by atoms with E-state index in [1.165, 1.54) is 140 Å². The van der Waals surface area contributed by atoms with Crippen LogP contribution in [0, 0.1) is 0 Å². The van der Waals surface area contributed by atoms with E-state index in [1.807, 2.05) is 0 Å². The molecule has 0 fully saturated rings. The molecule has 6 heteroatoms. The second-order valence-corrected chi connectivity index (χ2v) is 12.1. The molecular weight excluding hydrogens is 533 g/mol. The van der Waals surface area contributed by atoms with Gasteiger partial charge in [0.1, 0.15) is 0 Å². The zero-order valence-electron chi connectivity index (χ0n) is 29.9. The maximum atomic E-state index is 10.1. The molecule has 0 atom stereocenters. The van der Waals surface area contributed by atoms with Gasteiger partial charge in [0, 0.05) is 11.9 Å². The van der Waals surface area contributed by atoms with Gasteiger partial charge in [-0.3, -0.25) is 0 Å². The van der Waals surface area contributed by atoms with E-state index in [0.29, 0.717) is 0 Å². The summed E-state index contributed by atoms with van der Waals surface area (Å²) in [5.41, 5.74) is 0. The van der Waals surface area contributed by atoms with Crippen LogP contribution in [0.5, 0.6) is 0 Å². The molecule has 0 radical (unpaired) electrons. The fourth-order valence-corrected chi connectivity index (χ4v) is 5.10. The number of nitrogens with zero attached hydrogens (tertiary/aromatic N) is 1. The molecule has 0 saturated heterocycles. The predicted molar refractivity (Wildman–Crippen MR) is 175 cm³/mol. The number of quaternary nitrogens is 1. The molecule has 5 nitrogen and oxygen atoms in total. The minimum Gasteiger partial charge on any atom is -0.550 e. The van der Waals surface area contributed by atoms with Gasteiger partial charge in [-0.2, -0.15) is 0 Å². The molecule has 0 amide bonds. The molecule has 0 saturated carbocycles. The van der Waals surface area contributed by atoms with E-state index in [9.17, 15) is 19.8 Å². The van der Waals surface area contributed by atoms with Gasteiger partial charge in [0.15, 0.2) is 0 Å². The molecule has 0 aromatic carbocycles. The van der Waals surface area contributed by atoms with Gasteiger partial charge < -0.3 is 24.3 Å². The smallest absolute Gasteiger partial charge is 0.550 e. The van der Waals surface area contributed by atoms with Gasteiger partial charge >= 0.3 is 29.6 Å². The Bertz CT molecular complexity index is 493. The molecule has 42 heavy (non-hydrogen) atoms. The normalized spacial score (nSPS) is 10.6. The van der Waals surface area contributed by atoms with Crippen molar-refractivity contribution in [1.29, 1.82) is 0 Å². The monoisotopic (exact) mass is 608 g/mol. The summed E-state index contributed by atoms with van der Waals surface area (Å²) >= 11 is 0. The van der Waals surface area contributed by atoms with E-state index >= 15 is 0 Å². The van der Waals surface area contributed by atoms with Gasteiger partial charge in [0.05, 0.1) is 26.2 Å². The van der Waals surface area contributed by atoms with E-state index in [4.69, 9.17) is 0 Å². The zero-order chi connectivity index (χ0) is 31.5. The third-order valence-corrected chi connectivity index (χ3v) is 7.91. The Morgan fingerprint density at radius 1 is 0.381 bits per heavy atom. The Labute approximate surface area is 286 Å². The van der Waals surface area contributed by atoms with Crippen molar-refractivity contribution in [2.24, 2.45) is 0 Å². The average molecular weight is 608 g/mol. The summed E-state index contributed by atoms with van der Waals surface area (Å²) in [6.45, 7) is 19.4. The number of hydrogen-bond acceptors (Lipinski definition) is 4. The van der Waals surface area contributed by atoms with E-state index in [1.54, 1.807) is 0 Å². The van der Waals surface area contributed by atoms with Crippen LogP contribution < -0.4 is 39.8 Å². The fourth-order valence-electron chi connectivity index (χ4n) is 5.10. The standard InChI is InChI=1S/C16H36N.C12H24O2.C8H16O2.Na/c1-5-9-13-17(14-10-6-2,15-11-7-3)16-12-8-4;1-2-3-4-5-6-7-8-9-10-11-12(13)14;1-2-3-4-5-6-7-8(9)10;/h5-16H2,1-4H3;2-11H2,1H3,(H,13,14);2-7H2,1H3,(H,9,10);/q+1;;;+1/p-2. The first-order chi connectivity index (χ1) is 19.8.